The van der Waals surface area contributed by atoms with E-state index in [0.29, 0.717) is 25.7 Å². The summed E-state index contributed by atoms with van der Waals surface area (Å²) in [5.74, 6) is 0.451. The van der Waals surface area contributed by atoms with Crippen molar-refractivity contribution in [1.29, 1.82) is 0 Å². The van der Waals surface area contributed by atoms with Crippen molar-refractivity contribution in [1.82, 2.24) is 20.4 Å². The van der Waals surface area contributed by atoms with E-state index in [0.717, 1.165) is 18.8 Å². The number of aromatic nitrogens is 2. The van der Waals surface area contributed by atoms with Gasteiger partial charge in [-0.3, -0.25) is 9.48 Å². The molecular formula is C14H24N4O2. The Hall–Kier alpha value is -1.40. The molecule has 0 bridgehead atoms. The van der Waals surface area contributed by atoms with Crippen LogP contribution in [0.15, 0.2) is 12.3 Å². The minimum Gasteiger partial charge on any atom is -0.380 e. The zero-order chi connectivity index (χ0) is 14.2. The number of nitrogens with one attached hydrogen (secondary N) is 2. The first-order valence-electron chi connectivity index (χ1n) is 7.38. The average Bonchev–Trinajstić information content (AvgIpc) is 2.93. The van der Waals surface area contributed by atoms with Gasteiger partial charge in [-0.05, 0) is 32.4 Å². The number of hydrogen-bond donors (Lipinski definition) is 2. The van der Waals surface area contributed by atoms with Crippen LogP contribution in [0.25, 0.3) is 0 Å². The molecule has 2 N–H and O–H groups in total. The number of piperidine rings is 1. The number of ether oxygens (including phenoxy) is 1. The van der Waals surface area contributed by atoms with Crippen LogP contribution in [0.2, 0.25) is 0 Å². The molecule has 0 spiro atoms. The summed E-state index contributed by atoms with van der Waals surface area (Å²) in [6.07, 6.45) is 4.24. The molecule has 2 heterocycles. The number of carbonyl (C=O) groups is 1. The van der Waals surface area contributed by atoms with Gasteiger partial charge in [-0.2, -0.15) is 5.10 Å². The highest BCUT2D eigenvalue weighted by Crippen LogP contribution is 2.21. The number of nitrogens with zero attached hydrogens (tertiary/aromatic N) is 2. The molecule has 1 aliphatic rings. The third-order valence-corrected chi connectivity index (χ3v) is 3.45. The van der Waals surface area contributed by atoms with E-state index in [-0.39, 0.29) is 12.5 Å². The lowest BCUT2D eigenvalue weighted by Crippen LogP contribution is -2.31. The van der Waals surface area contributed by atoms with Crippen molar-refractivity contribution in [2.75, 3.05) is 32.8 Å². The average molecular weight is 280 g/mol. The summed E-state index contributed by atoms with van der Waals surface area (Å²) in [4.78, 5) is 11.7. The molecule has 1 aromatic heterocycles. The highest BCUT2D eigenvalue weighted by molar-refractivity contribution is 5.75. The Morgan fingerprint density at radius 3 is 3.30 bits per heavy atom. The van der Waals surface area contributed by atoms with Crippen LogP contribution in [-0.4, -0.2) is 48.5 Å². The van der Waals surface area contributed by atoms with E-state index in [1.54, 1.807) is 4.68 Å². The zero-order valence-electron chi connectivity index (χ0n) is 12.1. The summed E-state index contributed by atoms with van der Waals surface area (Å²) in [7, 11) is 0. The Kier molecular flexibility index (Phi) is 6.01. The molecule has 0 aromatic carbocycles. The maximum atomic E-state index is 11.7. The van der Waals surface area contributed by atoms with Gasteiger partial charge in [0.2, 0.25) is 5.91 Å². The van der Waals surface area contributed by atoms with Crippen LogP contribution in [0.5, 0.6) is 0 Å². The molecule has 1 amide bonds. The summed E-state index contributed by atoms with van der Waals surface area (Å²) < 4.78 is 6.88. The van der Waals surface area contributed by atoms with Crippen molar-refractivity contribution in [3.8, 4) is 0 Å². The third-order valence-electron chi connectivity index (χ3n) is 3.45. The molecule has 1 aromatic rings. The monoisotopic (exact) mass is 280 g/mol. The van der Waals surface area contributed by atoms with Crippen molar-refractivity contribution in [3.05, 3.63) is 18.0 Å². The zero-order valence-corrected chi connectivity index (χ0v) is 12.1. The van der Waals surface area contributed by atoms with Crippen LogP contribution in [0, 0.1) is 0 Å². The maximum absolute atomic E-state index is 11.7. The molecule has 6 nitrogen and oxygen atoms in total. The van der Waals surface area contributed by atoms with Crippen LogP contribution in [0.1, 0.15) is 31.4 Å². The van der Waals surface area contributed by atoms with Gasteiger partial charge in [0, 0.05) is 31.8 Å². The first-order valence-corrected chi connectivity index (χ1v) is 7.38. The second kappa shape index (κ2) is 8.01. The lowest BCUT2D eigenvalue weighted by molar-refractivity contribution is -0.122. The largest absolute Gasteiger partial charge is 0.380 e. The summed E-state index contributed by atoms with van der Waals surface area (Å²) in [6.45, 7) is 6.07. The Balaban J connectivity index is 1.75. The molecule has 20 heavy (non-hydrogen) atoms. The predicted molar refractivity (Wildman–Crippen MR) is 76.6 cm³/mol. The van der Waals surface area contributed by atoms with Crippen molar-refractivity contribution < 1.29 is 9.53 Å². The van der Waals surface area contributed by atoms with E-state index in [1.165, 1.54) is 12.8 Å². The Morgan fingerprint density at radius 1 is 1.65 bits per heavy atom. The number of amides is 1. The SMILES string of the molecule is CCOCCNC(=O)Cn1ccc(C2CCCNC2)n1. The molecular weight excluding hydrogens is 256 g/mol. The van der Waals surface area contributed by atoms with Crippen molar-refractivity contribution in [2.24, 2.45) is 0 Å². The molecule has 1 saturated heterocycles. The third kappa shape index (κ3) is 4.61. The molecule has 0 saturated carbocycles. The van der Waals surface area contributed by atoms with Gasteiger partial charge in [0.15, 0.2) is 0 Å². The van der Waals surface area contributed by atoms with E-state index in [4.69, 9.17) is 4.74 Å². The quantitative estimate of drug-likeness (QED) is 0.714. The lowest BCUT2D eigenvalue weighted by atomic mass is 9.97. The van der Waals surface area contributed by atoms with Crippen LogP contribution in [0.4, 0.5) is 0 Å². The molecule has 1 unspecified atom stereocenters. The van der Waals surface area contributed by atoms with Gasteiger partial charge in [0.05, 0.1) is 12.3 Å². The molecule has 6 heteroatoms. The van der Waals surface area contributed by atoms with E-state index in [1.807, 2.05) is 19.2 Å². The van der Waals surface area contributed by atoms with Gasteiger partial charge in [0.1, 0.15) is 6.54 Å². The summed E-state index contributed by atoms with van der Waals surface area (Å²) in [6, 6.07) is 2.02. The number of carbonyl (C=O) groups excluding carboxylic acids is 1. The second-order valence-corrected chi connectivity index (χ2v) is 5.03. The van der Waals surface area contributed by atoms with E-state index in [9.17, 15) is 4.79 Å². The fourth-order valence-electron chi connectivity index (χ4n) is 2.40. The first-order chi connectivity index (χ1) is 9.79. The first kappa shape index (κ1) is 15.0. The molecule has 112 valence electrons. The number of hydrogen-bond acceptors (Lipinski definition) is 4. The maximum Gasteiger partial charge on any atom is 0.241 e. The minimum absolute atomic E-state index is 0.0267. The highest BCUT2D eigenvalue weighted by atomic mass is 16.5. The summed E-state index contributed by atoms with van der Waals surface area (Å²) >= 11 is 0. The molecule has 1 atom stereocenters. The van der Waals surface area contributed by atoms with Gasteiger partial charge in [-0.1, -0.05) is 0 Å². The Labute approximate surface area is 119 Å². The Bertz CT molecular complexity index is 413. The second-order valence-electron chi connectivity index (χ2n) is 5.03. The predicted octanol–water partition coefficient (Wildman–Crippen LogP) is 0.503. The topological polar surface area (TPSA) is 68.2 Å². The molecule has 0 aliphatic carbocycles. The van der Waals surface area contributed by atoms with Gasteiger partial charge >= 0.3 is 0 Å². The smallest absolute Gasteiger partial charge is 0.241 e. The van der Waals surface area contributed by atoms with Crippen molar-refractivity contribution in [3.63, 3.8) is 0 Å². The van der Waals surface area contributed by atoms with Crippen LogP contribution in [-0.2, 0) is 16.1 Å². The minimum atomic E-state index is -0.0267. The van der Waals surface area contributed by atoms with Crippen molar-refractivity contribution >= 4 is 5.91 Å². The van der Waals surface area contributed by atoms with Gasteiger partial charge in [-0.15, -0.1) is 0 Å². The lowest BCUT2D eigenvalue weighted by Gasteiger charge is -2.20. The van der Waals surface area contributed by atoms with E-state index < -0.39 is 0 Å². The fraction of sp³-hybridized carbons (Fsp3) is 0.714. The molecule has 2 rings (SSSR count). The van der Waals surface area contributed by atoms with E-state index >= 15 is 0 Å². The molecule has 1 aliphatic heterocycles. The summed E-state index contributed by atoms with van der Waals surface area (Å²) in [5, 5.41) is 10.7. The van der Waals surface area contributed by atoms with Crippen LogP contribution >= 0.6 is 0 Å². The van der Waals surface area contributed by atoms with E-state index in [2.05, 4.69) is 15.7 Å². The Morgan fingerprint density at radius 2 is 2.55 bits per heavy atom. The van der Waals surface area contributed by atoms with Crippen molar-refractivity contribution in [2.45, 2.75) is 32.2 Å². The standard InChI is InChI=1S/C14H24N4O2/c1-2-20-9-7-16-14(19)11-18-8-5-13(17-18)12-4-3-6-15-10-12/h5,8,12,15H,2-4,6-7,9-11H2,1H3,(H,16,19). The normalized spacial score (nSPS) is 18.9. The molecule has 1 fully saturated rings. The van der Waals surface area contributed by atoms with Crippen LogP contribution in [0.3, 0.4) is 0 Å². The van der Waals surface area contributed by atoms with Crippen LogP contribution < -0.4 is 10.6 Å². The van der Waals surface area contributed by atoms with Gasteiger partial charge < -0.3 is 15.4 Å². The van der Waals surface area contributed by atoms with Gasteiger partial charge in [0.25, 0.3) is 0 Å². The highest BCUT2D eigenvalue weighted by Gasteiger charge is 2.17. The molecule has 0 radical (unpaired) electrons. The van der Waals surface area contributed by atoms with Gasteiger partial charge in [-0.25, -0.2) is 0 Å². The fourth-order valence-corrected chi connectivity index (χ4v) is 2.40. The number of rotatable bonds is 7. The summed E-state index contributed by atoms with van der Waals surface area (Å²) in [5.41, 5.74) is 1.08.